The molecule has 0 unspecified atom stereocenters. The summed E-state index contributed by atoms with van der Waals surface area (Å²) in [4.78, 5) is 0. The maximum Gasteiger partial charge on any atom is 0.0159 e. The van der Waals surface area contributed by atoms with Gasteiger partial charge in [0.25, 0.3) is 0 Å². The highest BCUT2D eigenvalue weighted by atomic mass is 14.4. The largest absolute Gasteiger partial charge is 0.0622 e. The number of fused-ring (bicyclic) bond motifs is 11. The molecule has 0 spiro atoms. The third-order valence-corrected chi connectivity index (χ3v) is 19.7. The third-order valence-electron chi connectivity index (χ3n) is 19.7. The van der Waals surface area contributed by atoms with E-state index in [0.717, 1.165) is 0 Å². The van der Waals surface area contributed by atoms with Crippen LogP contribution >= 0.6 is 0 Å². The molecule has 0 aromatic heterocycles. The zero-order valence-corrected chi connectivity index (χ0v) is 52.1. The van der Waals surface area contributed by atoms with Crippen LogP contribution in [0, 0.1) is 0 Å². The fourth-order valence-electron chi connectivity index (χ4n) is 15.1. The molecule has 3 aliphatic rings. The standard InChI is InChI=1S/C85H76/c1-81(2,3)55-41-53(42-56(47-55)82(4,5)6)73-61-30-21-22-31-62(61)74(54-43-57(83(7,8)9)48-58(44-54)84(10,11)12)80-67-40-38-65-75-64(37-39-66(76(67)75)79(73)80)77-71(49-25-17-15-18-26-49)63-36-34-51(45-68(63)72(78(65)77)50-27-19-16-20-28-50)52-33-35-60-59-29-23-24-32-69(59)85(13,14)70(60)46-52/h15-48H,1-14H3. The fraction of sp³-hybridized carbons (Fsp3) is 0.224. The summed E-state index contributed by atoms with van der Waals surface area (Å²) in [6.07, 6.45) is 0. The summed E-state index contributed by atoms with van der Waals surface area (Å²) in [6, 6.07) is 80.6. The smallest absolute Gasteiger partial charge is 0.0159 e. The van der Waals surface area contributed by atoms with Crippen molar-refractivity contribution in [3.8, 4) is 111 Å². The molecule has 3 aliphatic carbocycles. The Bertz CT molecular complexity index is 4640. The SMILES string of the molecule is CC(C)(C)c1cc(-c2c3c(c(-c4cc(C(C)(C)C)cc(C(C)(C)C)c4)c4ccccc24)-c2ccc4c5c(ccc-3c25)-c2c-4c(-c3ccccc3)c3cc(-c4ccc5c(c4)C(C)(C)c4ccccc4-5)ccc3c2-c2ccccc2)cc(C(C)(C)C)c1. The Labute approximate surface area is 504 Å². The van der Waals surface area contributed by atoms with Gasteiger partial charge in [-0.2, -0.15) is 0 Å². The summed E-state index contributed by atoms with van der Waals surface area (Å²) in [7, 11) is 0. The predicted octanol–water partition coefficient (Wildman–Crippen LogP) is 24.3. The number of rotatable bonds is 5. The van der Waals surface area contributed by atoms with Crippen molar-refractivity contribution in [3.63, 3.8) is 0 Å². The first-order valence-corrected chi connectivity index (χ1v) is 31.0. The Balaban J connectivity index is 1.07. The van der Waals surface area contributed by atoms with Gasteiger partial charge in [0.15, 0.2) is 0 Å². The average Bonchev–Trinajstić information content (AvgIpc) is 1.59. The normalized spacial score (nSPS) is 13.9. The summed E-state index contributed by atoms with van der Waals surface area (Å²) in [5, 5.41) is 7.83. The molecule has 0 nitrogen and oxygen atoms in total. The van der Waals surface area contributed by atoms with E-state index in [2.05, 4.69) is 303 Å². The van der Waals surface area contributed by atoms with E-state index >= 15 is 0 Å². The summed E-state index contributed by atoms with van der Waals surface area (Å²) < 4.78 is 0. The molecule has 0 N–H and O–H groups in total. The molecule has 15 rings (SSSR count). The van der Waals surface area contributed by atoms with Gasteiger partial charge in [-0.05, 0) is 211 Å². The van der Waals surface area contributed by atoms with Crippen molar-refractivity contribution in [3.05, 3.63) is 240 Å². The lowest BCUT2D eigenvalue weighted by molar-refractivity contribution is 0.568. The van der Waals surface area contributed by atoms with Gasteiger partial charge in [0, 0.05) is 5.41 Å². The van der Waals surface area contributed by atoms with Crippen LogP contribution < -0.4 is 0 Å². The second kappa shape index (κ2) is 18.2. The Kier molecular flexibility index (Phi) is 11.4. The van der Waals surface area contributed by atoms with E-state index in [9.17, 15) is 0 Å². The van der Waals surface area contributed by atoms with E-state index in [-0.39, 0.29) is 27.1 Å². The minimum absolute atomic E-state index is 0.0646. The van der Waals surface area contributed by atoms with E-state index in [1.54, 1.807) is 0 Å². The number of benzene rings is 12. The van der Waals surface area contributed by atoms with Gasteiger partial charge in [-0.3, -0.25) is 0 Å². The highest BCUT2D eigenvalue weighted by Gasteiger charge is 2.39. The van der Waals surface area contributed by atoms with E-state index in [0.29, 0.717) is 0 Å². The minimum atomic E-state index is -0.104. The first-order valence-electron chi connectivity index (χ1n) is 31.0. The molecule has 0 amide bonds. The van der Waals surface area contributed by atoms with Crippen LogP contribution in [-0.4, -0.2) is 0 Å². The van der Waals surface area contributed by atoms with Crippen LogP contribution in [0.15, 0.2) is 206 Å². The molecule has 12 aromatic carbocycles. The molecule has 0 heteroatoms. The van der Waals surface area contributed by atoms with E-state index in [1.807, 2.05) is 0 Å². The zero-order valence-electron chi connectivity index (χ0n) is 52.1. The molecule has 0 saturated carbocycles. The molecule has 0 heterocycles. The van der Waals surface area contributed by atoms with Crippen LogP contribution in [0.4, 0.5) is 0 Å². The monoisotopic (exact) mass is 1100 g/mol. The van der Waals surface area contributed by atoms with E-state index in [4.69, 9.17) is 0 Å². The molecule has 0 fully saturated rings. The topological polar surface area (TPSA) is 0 Å². The molecule has 0 atom stereocenters. The molecule has 416 valence electrons. The van der Waals surface area contributed by atoms with Crippen LogP contribution in [0.5, 0.6) is 0 Å². The van der Waals surface area contributed by atoms with Crippen LogP contribution in [0.2, 0.25) is 0 Å². The summed E-state index contributed by atoms with van der Waals surface area (Å²) in [5.74, 6) is 0. The van der Waals surface area contributed by atoms with Gasteiger partial charge in [0.1, 0.15) is 0 Å². The molecule has 85 heavy (non-hydrogen) atoms. The van der Waals surface area contributed by atoms with Crippen molar-refractivity contribution in [2.75, 3.05) is 0 Å². The highest BCUT2D eigenvalue weighted by Crippen LogP contribution is 2.65. The van der Waals surface area contributed by atoms with Gasteiger partial charge in [-0.25, -0.2) is 0 Å². The quantitative estimate of drug-likeness (QED) is 0.161. The van der Waals surface area contributed by atoms with Gasteiger partial charge in [-0.1, -0.05) is 291 Å². The molecule has 0 bridgehead atoms. The zero-order chi connectivity index (χ0) is 59.0. The van der Waals surface area contributed by atoms with Gasteiger partial charge >= 0.3 is 0 Å². The lowest BCUT2D eigenvalue weighted by atomic mass is 9.75. The van der Waals surface area contributed by atoms with Crippen LogP contribution in [-0.2, 0) is 27.1 Å². The van der Waals surface area contributed by atoms with Gasteiger partial charge < -0.3 is 0 Å². The maximum atomic E-state index is 2.53. The summed E-state index contributed by atoms with van der Waals surface area (Å²) in [5.41, 5.74) is 33.9. The second-order valence-corrected chi connectivity index (χ2v) is 29.6. The number of hydrogen-bond donors (Lipinski definition) is 0. The van der Waals surface area contributed by atoms with E-state index in [1.165, 1.54) is 177 Å². The lowest BCUT2D eigenvalue weighted by Gasteiger charge is -2.29. The third kappa shape index (κ3) is 8.00. The lowest BCUT2D eigenvalue weighted by Crippen LogP contribution is -2.17. The Morgan fingerprint density at radius 2 is 0.553 bits per heavy atom. The Hall–Kier alpha value is -8.58. The highest BCUT2D eigenvalue weighted by molar-refractivity contribution is 6.35. The van der Waals surface area contributed by atoms with Crippen molar-refractivity contribution < 1.29 is 0 Å². The minimum Gasteiger partial charge on any atom is -0.0622 e. The van der Waals surface area contributed by atoms with E-state index < -0.39 is 0 Å². The molecule has 0 aliphatic heterocycles. The summed E-state index contributed by atoms with van der Waals surface area (Å²) >= 11 is 0. The van der Waals surface area contributed by atoms with Crippen LogP contribution in [0.3, 0.4) is 0 Å². The molecular weight excluding hydrogens is 1020 g/mol. The Morgan fingerprint density at radius 3 is 0.988 bits per heavy atom. The van der Waals surface area contributed by atoms with Crippen molar-refractivity contribution >= 4 is 32.3 Å². The average molecular weight is 1100 g/mol. The first kappa shape index (κ1) is 53.2. The van der Waals surface area contributed by atoms with Crippen LogP contribution in [0.25, 0.3) is 144 Å². The molecule has 0 saturated heterocycles. The molecular formula is C85H76. The van der Waals surface area contributed by atoms with Gasteiger partial charge in [0.2, 0.25) is 0 Å². The molecule has 0 radical (unpaired) electrons. The van der Waals surface area contributed by atoms with Gasteiger partial charge in [0.05, 0.1) is 0 Å². The van der Waals surface area contributed by atoms with Crippen molar-refractivity contribution in [1.82, 2.24) is 0 Å². The maximum absolute atomic E-state index is 2.53. The molecule has 12 aromatic rings. The summed E-state index contributed by atoms with van der Waals surface area (Å²) in [6.45, 7) is 33.2. The Morgan fingerprint density at radius 1 is 0.224 bits per heavy atom. The first-order chi connectivity index (χ1) is 40.5. The van der Waals surface area contributed by atoms with Crippen molar-refractivity contribution in [2.24, 2.45) is 0 Å². The van der Waals surface area contributed by atoms with Gasteiger partial charge in [-0.15, -0.1) is 0 Å². The number of hydrogen-bond acceptors (Lipinski definition) is 0. The van der Waals surface area contributed by atoms with Crippen molar-refractivity contribution in [2.45, 2.75) is 124 Å². The van der Waals surface area contributed by atoms with Crippen molar-refractivity contribution in [1.29, 1.82) is 0 Å². The second-order valence-electron chi connectivity index (χ2n) is 29.6. The predicted molar refractivity (Wildman–Crippen MR) is 367 cm³/mol. The fourth-order valence-corrected chi connectivity index (χ4v) is 15.1. The van der Waals surface area contributed by atoms with Crippen LogP contribution in [0.1, 0.15) is 130 Å².